The van der Waals surface area contributed by atoms with Crippen LogP contribution in [0.4, 0.5) is 0 Å². The van der Waals surface area contributed by atoms with E-state index in [1.807, 2.05) is 36.4 Å². The quantitative estimate of drug-likeness (QED) is 0.926. The largest absolute Gasteiger partial charge is 0.497 e. The zero-order valence-electron chi connectivity index (χ0n) is 11.7. The van der Waals surface area contributed by atoms with Crippen molar-refractivity contribution >= 4 is 10.8 Å². The maximum Gasteiger partial charge on any atom is 0.119 e. The van der Waals surface area contributed by atoms with Crippen LogP contribution in [-0.4, -0.2) is 24.9 Å². The van der Waals surface area contributed by atoms with E-state index in [-0.39, 0.29) is 6.10 Å². The minimum Gasteiger partial charge on any atom is -0.497 e. The van der Waals surface area contributed by atoms with Gasteiger partial charge in [-0.05, 0) is 47.4 Å². The van der Waals surface area contributed by atoms with Crippen LogP contribution in [-0.2, 0) is 4.74 Å². The summed E-state index contributed by atoms with van der Waals surface area (Å²) in [6.07, 6.45) is 2.60. The first-order valence-corrected chi connectivity index (χ1v) is 7.13. The van der Waals surface area contributed by atoms with Crippen molar-refractivity contribution in [2.45, 2.75) is 31.5 Å². The summed E-state index contributed by atoms with van der Waals surface area (Å²) < 4.78 is 10.8. The Morgan fingerprint density at radius 1 is 1.25 bits per heavy atom. The number of fused-ring (bicyclic) bond motifs is 1. The first-order chi connectivity index (χ1) is 9.76. The van der Waals surface area contributed by atoms with Crippen molar-refractivity contribution in [3.63, 3.8) is 0 Å². The van der Waals surface area contributed by atoms with Crippen molar-refractivity contribution in [3.05, 3.63) is 42.0 Å². The van der Waals surface area contributed by atoms with Crippen LogP contribution in [0.3, 0.4) is 0 Å². The fourth-order valence-electron chi connectivity index (χ4n) is 2.79. The highest BCUT2D eigenvalue weighted by molar-refractivity contribution is 5.84. The average Bonchev–Trinajstić information content (AvgIpc) is 2.99. The van der Waals surface area contributed by atoms with E-state index in [2.05, 4.69) is 0 Å². The third-order valence-corrected chi connectivity index (χ3v) is 3.97. The molecule has 2 aromatic rings. The molecule has 1 aliphatic heterocycles. The standard InChI is InChI=1S/C17H20O3/c1-19-15-7-6-12-9-14(5-4-13(12)10-15)17(18)11-16-3-2-8-20-16/h4-7,9-10,16-18H,2-3,8,11H2,1H3. The Hall–Kier alpha value is -1.58. The van der Waals surface area contributed by atoms with Gasteiger partial charge in [-0.15, -0.1) is 0 Å². The minimum absolute atomic E-state index is 0.205. The maximum absolute atomic E-state index is 10.3. The number of aliphatic hydroxyl groups is 1. The van der Waals surface area contributed by atoms with Crippen LogP contribution in [0.2, 0.25) is 0 Å². The summed E-state index contributed by atoms with van der Waals surface area (Å²) in [4.78, 5) is 0. The van der Waals surface area contributed by atoms with Gasteiger partial charge in [0.05, 0.1) is 19.3 Å². The Morgan fingerprint density at radius 2 is 2.05 bits per heavy atom. The Kier molecular flexibility index (Phi) is 3.90. The van der Waals surface area contributed by atoms with E-state index in [1.165, 1.54) is 0 Å². The lowest BCUT2D eigenvalue weighted by Gasteiger charge is -2.16. The molecule has 3 rings (SSSR count). The maximum atomic E-state index is 10.3. The molecule has 3 heteroatoms. The molecule has 0 bridgehead atoms. The number of benzene rings is 2. The molecule has 1 heterocycles. The zero-order chi connectivity index (χ0) is 13.9. The van der Waals surface area contributed by atoms with Gasteiger partial charge in [0.2, 0.25) is 0 Å². The van der Waals surface area contributed by atoms with Gasteiger partial charge >= 0.3 is 0 Å². The second-order valence-electron chi connectivity index (χ2n) is 5.36. The van der Waals surface area contributed by atoms with E-state index in [9.17, 15) is 5.11 Å². The van der Waals surface area contributed by atoms with Crippen LogP contribution < -0.4 is 4.74 Å². The molecule has 1 N–H and O–H groups in total. The van der Waals surface area contributed by atoms with Crippen molar-refractivity contribution in [1.29, 1.82) is 0 Å². The molecule has 1 saturated heterocycles. The van der Waals surface area contributed by atoms with Gasteiger partial charge in [0.1, 0.15) is 5.75 Å². The van der Waals surface area contributed by atoms with Gasteiger partial charge in [-0.3, -0.25) is 0 Å². The summed E-state index contributed by atoms with van der Waals surface area (Å²) in [5.74, 6) is 0.852. The average molecular weight is 272 g/mol. The number of hydrogen-bond acceptors (Lipinski definition) is 3. The molecule has 20 heavy (non-hydrogen) atoms. The Labute approximate surface area is 119 Å². The molecular formula is C17H20O3. The van der Waals surface area contributed by atoms with Gasteiger partial charge in [-0.25, -0.2) is 0 Å². The van der Waals surface area contributed by atoms with Crippen molar-refractivity contribution in [3.8, 4) is 5.75 Å². The zero-order valence-corrected chi connectivity index (χ0v) is 11.7. The summed E-state index contributed by atoms with van der Waals surface area (Å²) in [7, 11) is 1.67. The second kappa shape index (κ2) is 5.81. The predicted octanol–water partition coefficient (Wildman–Crippen LogP) is 3.45. The number of methoxy groups -OCH3 is 1. The van der Waals surface area contributed by atoms with E-state index in [1.54, 1.807) is 7.11 Å². The van der Waals surface area contributed by atoms with Crippen LogP contribution in [0.1, 0.15) is 30.9 Å². The van der Waals surface area contributed by atoms with E-state index in [0.29, 0.717) is 6.42 Å². The third-order valence-electron chi connectivity index (χ3n) is 3.97. The number of rotatable bonds is 4. The summed E-state index contributed by atoms with van der Waals surface area (Å²) in [5.41, 5.74) is 0.957. The normalized spacial score (nSPS) is 20.2. The molecule has 0 spiro atoms. The molecule has 106 valence electrons. The lowest BCUT2D eigenvalue weighted by Crippen LogP contribution is -2.11. The van der Waals surface area contributed by atoms with Crippen molar-refractivity contribution in [2.75, 3.05) is 13.7 Å². The van der Waals surface area contributed by atoms with E-state index >= 15 is 0 Å². The molecule has 1 aliphatic rings. The minimum atomic E-state index is -0.454. The lowest BCUT2D eigenvalue weighted by molar-refractivity contribution is 0.0535. The lowest BCUT2D eigenvalue weighted by atomic mass is 9.99. The summed E-state index contributed by atoms with van der Waals surface area (Å²) >= 11 is 0. The van der Waals surface area contributed by atoms with E-state index < -0.39 is 6.10 Å². The molecule has 2 aromatic carbocycles. The highest BCUT2D eigenvalue weighted by Gasteiger charge is 2.20. The first-order valence-electron chi connectivity index (χ1n) is 7.13. The Morgan fingerprint density at radius 3 is 2.80 bits per heavy atom. The van der Waals surface area contributed by atoms with E-state index in [0.717, 1.165) is 41.5 Å². The molecule has 2 unspecified atom stereocenters. The number of ether oxygens (including phenoxy) is 2. The van der Waals surface area contributed by atoms with Crippen LogP contribution >= 0.6 is 0 Å². The Bertz CT molecular complexity index is 588. The molecule has 0 radical (unpaired) electrons. The number of hydrogen-bond donors (Lipinski definition) is 1. The monoisotopic (exact) mass is 272 g/mol. The van der Waals surface area contributed by atoms with Crippen molar-refractivity contribution < 1.29 is 14.6 Å². The second-order valence-corrected chi connectivity index (χ2v) is 5.36. The molecule has 3 nitrogen and oxygen atoms in total. The van der Waals surface area contributed by atoms with Crippen LogP contribution in [0.25, 0.3) is 10.8 Å². The van der Waals surface area contributed by atoms with Gasteiger partial charge in [-0.1, -0.05) is 18.2 Å². The van der Waals surface area contributed by atoms with Crippen molar-refractivity contribution in [1.82, 2.24) is 0 Å². The van der Waals surface area contributed by atoms with Gasteiger partial charge in [0, 0.05) is 13.0 Å². The highest BCUT2D eigenvalue weighted by Crippen LogP contribution is 2.28. The number of aliphatic hydroxyl groups excluding tert-OH is 1. The fourth-order valence-corrected chi connectivity index (χ4v) is 2.79. The molecule has 0 amide bonds. The summed E-state index contributed by atoms with van der Waals surface area (Å²) in [5, 5.41) is 12.6. The Balaban J connectivity index is 1.80. The SMILES string of the molecule is COc1ccc2cc(C(O)CC3CCCO3)ccc2c1. The predicted molar refractivity (Wildman–Crippen MR) is 79.1 cm³/mol. The van der Waals surface area contributed by atoms with E-state index in [4.69, 9.17) is 9.47 Å². The van der Waals surface area contributed by atoms with Crippen LogP contribution in [0.15, 0.2) is 36.4 Å². The highest BCUT2D eigenvalue weighted by atomic mass is 16.5. The molecule has 0 aliphatic carbocycles. The van der Waals surface area contributed by atoms with Gasteiger partial charge < -0.3 is 14.6 Å². The summed E-state index contributed by atoms with van der Waals surface area (Å²) in [6.45, 7) is 0.828. The molecule has 0 aromatic heterocycles. The smallest absolute Gasteiger partial charge is 0.119 e. The molecule has 1 fully saturated rings. The fraction of sp³-hybridized carbons (Fsp3) is 0.412. The molecular weight excluding hydrogens is 252 g/mol. The van der Waals surface area contributed by atoms with Gasteiger partial charge in [0.15, 0.2) is 0 Å². The third kappa shape index (κ3) is 2.79. The van der Waals surface area contributed by atoms with Gasteiger partial charge in [0.25, 0.3) is 0 Å². The van der Waals surface area contributed by atoms with Crippen molar-refractivity contribution in [2.24, 2.45) is 0 Å². The van der Waals surface area contributed by atoms with Crippen LogP contribution in [0, 0.1) is 0 Å². The van der Waals surface area contributed by atoms with Gasteiger partial charge in [-0.2, -0.15) is 0 Å². The molecule has 0 saturated carbocycles. The molecule has 2 atom stereocenters. The van der Waals surface area contributed by atoms with Crippen LogP contribution in [0.5, 0.6) is 5.75 Å². The summed E-state index contributed by atoms with van der Waals surface area (Å²) in [6, 6.07) is 12.0. The first kappa shape index (κ1) is 13.4. The topological polar surface area (TPSA) is 38.7 Å².